The second-order valence-electron chi connectivity index (χ2n) is 17.7. The van der Waals surface area contributed by atoms with Gasteiger partial charge in [0.1, 0.15) is 0 Å². The largest absolute Gasteiger partial charge is 0.310 e. The summed E-state index contributed by atoms with van der Waals surface area (Å²) in [4.78, 5) is 4.80. The fourth-order valence-corrected chi connectivity index (χ4v) is 11.4. The zero-order valence-corrected chi connectivity index (χ0v) is 36.3. The molecule has 0 aromatic heterocycles. The van der Waals surface area contributed by atoms with Crippen molar-refractivity contribution < 1.29 is 0 Å². The van der Waals surface area contributed by atoms with E-state index in [1.165, 1.54) is 99.3 Å². The second kappa shape index (κ2) is 14.4. The zero-order chi connectivity index (χ0) is 43.2. The quantitative estimate of drug-likeness (QED) is 0.165. The molecule has 0 radical (unpaired) electrons. The van der Waals surface area contributed by atoms with Crippen LogP contribution >= 0.6 is 0 Å². The summed E-state index contributed by atoms with van der Waals surface area (Å²) in [5, 5.41) is 7.50. The molecule has 2 nitrogen and oxygen atoms in total. The molecule has 13 rings (SSSR count). The van der Waals surface area contributed by atoms with Crippen LogP contribution in [-0.2, 0) is 5.41 Å². The van der Waals surface area contributed by atoms with E-state index in [0.29, 0.717) is 0 Å². The first-order valence-corrected chi connectivity index (χ1v) is 22.7. The average molecular weight is 829 g/mol. The Balaban J connectivity index is 1.09. The minimum atomic E-state index is -0.559. The van der Waals surface area contributed by atoms with Gasteiger partial charge in [0.25, 0.3) is 0 Å². The van der Waals surface area contributed by atoms with Crippen molar-refractivity contribution in [2.75, 3.05) is 9.80 Å². The van der Waals surface area contributed by atoms with Crippen molar-refractivity contribution >= 4 is 66.4 Å². The summed E-state index contributed by atoms with van der Waals surface area (Å²) >= 11 is 0. The van der Waals surface area contributed by atoms with Gasteiger partial charge in [0, 0.05) is 34.1 Å². The Morgan fingerprint density at radius 2 is 0.877 bits per heavy atom. The Kier molecular flexibility index (Phi) is 8.29. The maximum absolute atomic E-state index is 2.53. The van der Waals surface area contributed by atoms with Gasteiger partial charge in [-0.1, -0.05) is 158 Å². The van der Waals surface area contributed by atoms with Crippen molar-refractivity contribution in [1.29, 1.82) is 0 Å². The summed E-state index contributed by atoms with van der Waals surface area (Å²) in [6.45, 7) is 4.40. The van der Waals surface area contributed by atoms with Crippen molar-refractivity contribution in [2.45, 2.75) is 19.3 Å². The second-order valence-corrected chi connectivity index (χ2v) is 17.7. The van der Waals surface area contributed by atoms with Gasteiger partial charge < -0.3 is 9.80 Å². The first-order valence-electron chi connectivity index (χ1n) is 22.7. The van der Waals surface area contributed by atoms with E-state index in [2.05, 4.69) is 254 Å². The number of rotatable bonds is 6. The normalized spacial score (nSPS) is 14.4. The van der Waals surface area contributed by atoms with E-state index >= 15 is 0 Å². The van der Waals surface area contributed by atoms with Gasteiger partial charge in [-0.25, -0.2) is 0 Å². The first kappa shape index (κ1) is 37.4. The molecule has 1 atom stereocenters. The molecule has 0 heterocycles. The van der Waals surface area contributed by atoms with Crippen molar-refractivity contribution in [2.24, 2.45) is 0 Å². The lowest BCUT2D eigenvalue weighted by atomic mass is 9.69. The number of fused-ring (bicyclic) bond motifs is 15. The monoisotopic (exact) mass is 828 g/mol. The number of hydrogen-bond donors (Lipinski definition) is 0. The number of anilines is 6. The molecule has 11 aromatic rings. The van der Waals surface area contributed by atoms with Crippen LogP contribution in [0, 0.1) is 13.8 Å². The van der Waals surface area contributed by atoms with Gasteiger partial charge in [0.05, 0.1) is 5.41 Å². The van der Waals surface area contributed by atoms with Crippen LogP contribution in [-0.4, -0.2) is 0 Å². The topological polar surface area (TPSA) is 6.48 Å². The summed E-state index contributed by atoms with van der Waals surface area (Å²) < 4.78 is 0. The predicted octanol–water partition coefficient (Wildman–Crippen LogP) is 17.0. The van der Waals surface area contributed by atoms with Crippen LogP contribution < -0.4 is 9.80 Å². The molecule has 11 aromatic carbocycles. The Labute approximate surface area is 379 Å². The molecular formula is C63H44N2. The van der Waals surface area contributed by atoms with Gasteiger partial charge in [0.15, 0.2) is 0 Å². The van der Waals surface area contributed by atoms with Crippen LogP contribution in [0.2, 0.25) is 0 Å². The highest BCUT2D eigenvalue weighted by Gasteiger charge is 2.53. The third-order valence-corrected chi connectivity index (χ3v) is 14.2. The van der Waals surface area contributed by atoms with Gasteiger partial charge in [0.2, 0.25) is 0 Å². The fourth-order valence-electron chi connectivity index (χ4n) is 11.4. The summed E-state index contributed by atoms with van der Waals surface area (Å²) in [5.74, 6) is 0. The third-order valence-electron chi connectivity index (χ3n) is 14.2. The van der Waals surface area contributed by atoms with Gasteiger partial charge in [-0.3, -0.25) is 0 Å². The molecule has 65 heavy (non-hydrogen) atoms. The molecule has 0 saturated carbocycles. The van der Waals surface area contributed by atoms with Crippen LogP contribution in [0.4, 0.5) is 34.1 Å². The number of hydrogen-bond acceptors (Lipinski definition) is 2. The molecule has 306 valence electrons. The highest BCUT2D eigenvalue weighted by Crippen LogP contribution is 2.65. The average Bonchev–Trinajstić information content (AvgIpc) is 3.82. The van der Waals surface area contributed by atoms with Crippen molar-refractivity contribution in [3.05, 3.63) is 264 Å². The summed E-state index contributed by atoms with van der Waals surface area (Å²) in [5.41, 5.74) is 19.4. The smallest absolute Gasteiger partial charge is 0.0731 e. The van der Waals surface area contributed by atoms with Gasteiger partial charge in [-0.2, -0.15) is 0 Å². The molecule has 1 spiro atoms. The first-order chi connectivity index (χ1) is 32.1. The SMILES string of the molecule is Cc1ccccc1N(c1ccccc1)c1ccc2cc3c(cc2c1)C1(c2ccccc2-c2c1ccc1ccccc21)c1c-3ccc2cc(N(c3ccccc3)c3ccccc3C)ccc12. The Morgan fingerprint density at radius 1 is 0.308 bits per heavy atom. The Hall–Kier alpha value is -8.20. The molecule has 0 saturated heterocycles. The van der Waals surface area contributed by atoms with Gasteiger partial charge >= 0.3 is 0 Å². The number of benzene rings is 11. The highest BCUT2D eigenvalue weighted by atomic mass is 15.1. The number of para-hydroxylation sites is 4. The lowest BCUT2D eigenvalue weighted by Gasteiger charge is -2.32. The minimum absolute atomic E-state index is 0.559. The van der Waals surface area contributed by atoms with E-state index in [-0.39, 0.29) is 0 Å². The van der Waals surface area contributed by atoms with Crippen LogP contribution in [0.15, 0.2) is 231 Å². The fraction of sp³-hybridized carbons (Fsp3) is 0.0476. The van der Waals surface area contributed by atoms with Crippen molar-refractivity contribution in [3.8, 4) is 22.3 Å². The predicted molar refractivity (Wildman–Crippen MR) is 274 cm³/mol. The maximum Gasteiger partial charge on any atom is 0.0731 e. The van der Waals surface area contributed by atoms with Crippen molar-refractivity contribution in [1.82, 2.24) is 0 Å². The lowest BCUT2D eigenvalue weighted by Crippen LogP contribution is -2.26. The molecule has 0 aliphatic heterocycles. The molecule has 0 bridgehead atoms. The number of aryl methyl sites for hydroxylation is 2. The van der Waals surface area contributed by atoms with E-state index in [1.807, 2.05) is 0 Å². The van der Waals surface area contributed by atoms with Crippen molar-refractivity contribution in [3.63, 3.8) is 0 Å². The van der Waals surface area contributed by atoms with E-state index < -0.39 is 5.41 Å². The molecule has 0 fully saturated rings. The molecule has 0 N–H and O–H groups in total. The molecule has 2 aliphatic carbocycles. The van der Waals surface area contributed by atoms with Gasteiger partial charge in [-0.15, -0.1) is 0 Å². The minimum Gasteiger partial charge on any atom is -0.310 e. The number of nitrogens with zero attached hydrogens (tertiary/aromatic N) is 2. The molecule has 1 unspecified atom stereocenters. The molecular weight excluding hydrogens is 785 g/mol. The lowest BCUT2D eigenvalue weighted by molar-refractivity contribution is 0.803. The standard InChI is InChI=1S/C63H44N2/c1-41-17-9-15-27-59(41)64(47-20-5-3-6-21-47)49-32-29-44-39-55-53-34-30-45-37-50(65(48-22-7-4-8-23-48)60-28-16-10-18-42(60)2)33-35-52(45)62(53)63(58(55)40-46(44)38-49)56-26-14-13-25-54(56)61-51-24-12-11-19-43(51)31-36-57(61)63/h3-40H,1-2H3. The van der Waals surface area contributed by atoms with Crippen LogP contribution in [0.25, 0.3) is 54.6 Å². The van der Waals surface area contributed by atoms with E-state index in [4.69, 9.17) is 0 Å². The van der Waals surface area contributed by atoms with Crippen LogP contribution in [0.5, 0.6) is 0 Å². The summed E-state index contributed by atoms with van der Waals surface area (Å²) in [6.07, 6.45) is 0. The molecule has 0 amide bonds. The zero-order valence-electron chi connectivity index (χ0n) is 36.3. The third kappa shape index (κ3) is 5.47. The summed E-state index contributed by atoms with van der Waals surface area (Å²) in [6, 6.07) is 85.8. The molecule has 2 heteroatoms. The van der Waals surface area contributed by atoms with Crippen LogP contribution in [0.1, 0.15) is 33.4 Å². The van der Waals surface area contributed by atoms with E-state index in [9.17, 15) is 0 Å². The van der Waals surface area contributed by atoms with E-state index in [1.54, 1.807) is 0 Å². The van der Waals surface area contributed by atoms with Gasteiger partial charge in [-0.05, 0) is 175 Å². The van der Waals surface area contributed by atoms with Crippen LogP contribution in [0.3, 0.4) is 0 Å². The van der Waals surface area contributed by atoms with E-state index in [0.717, 1.165) is 22.7 Å². The highest BCUT2D eigenvalue weighted by molar-refractivity contribution is 6.11. The Morgan fingerprint density at radius 3 is 1.58 bits per heavy atom. The Bertz CT molecular complexity index is 3700. The molecule has 2 aliphatic rings. The summed E-state index contributed by atoms with van der Waals surface area (Å²) in [7, 11) is 0. The maximum atomic E-state index is 2.53.